The first-order valence-corrected chi connectivity index (χ1v) is 9.31. The second-order valence-electron chi connectivity index (χ2n) is 7.19. The summed E-state index contributed by atoms with van der Waals surface area (Å²) < 4.78 is 9.90. The molecular formula is C21H30N2O5. The molecule has 7 heteroatoms. The summed E-state index contributed by atoms with van der Waals surface area (Å²) in [5.74, 6) is -0.970. The lowest BCUT2D eigenvalue weighted by atomic mass is 10.0. The van der Waals surface area contributed by atoms with Gasteiger partial charge < -0.3 is 20.1 Å². The fourth-order valence-corrected chi connectivity index (χ4v) is 2.43. The predicted octanol–water partition coefficient (Wildman–Crippen LogP) is 3.16. The molecule has 0 aliphatic carbocycles. The summed E-state index contributed by atoms with van der Waals surface area (Å²) in [6.45, 7) is 7.72. The molecule has 1 aromatic carbocycles. The standard InChI is InChI=1S/C21H30N2O5/c1-14(2)11-17(19(24)22-18(12-15(3)4)20(25)27-5)23-21(26)28-13-16-9-7-6-8-10-16/h6-10,12,14-15,17H,11,13H2,1-5H3,(H,22,24)(H,23,26)/b18-12+/t17-/m0/s1. The predicted molar refractivity (Wildman–Crippen MR) is 106 cm³/mol. The third-order valence-corrected chi connectivity index (χ3v) is 3.69. The van der Waals surface area contributed by atoms with Crippen molar-refractivity contribution in [3.05, 3.63) is 47.7 Å². The summed E-state index contributed by atoms with van der Waals surface area (Å²) in [4.78, 5) is 36.7. The van der Waals surface area contributed by atoms with Crippen LogP contribution in [0, 0.1) is 11.8 Å². The maximum atomic E-state index is 12.7. The van der Waals surface area contributed by atoms with Crippen LogP contribution in [0.15, 0.2) is 42.1 Å². The van der Waals surface area contributed by atoms with E-state index in [1.807, 2.05) is 58.0 Å². The van der Waals surface area contributed by atoms with Crippen LogP contribution in [0.4, 0.5) is 4.79 Å². The van der Waals surface area contributed by atoms with Crippen molar-refractivity contribution in [3.8, 4) is 0 Å². The van der Waals surface area contributed by atoms with Crippen molar-refractivity contribution in [2.24, 2.45) is 11.8 Å². The van der Waals surface area contributed by atoms with Crippen molar-refractivity contribution in [1.29, 1.82) is 0 Å². The van der Waals surface area contributed by atoms with Crippen molar-refractivity contribution >= 4 is 18.0 Å². The van der Waals surface area contributed by atoms with E-state index in [0.29, 0.717) is 6.42 Å². The van der Waals surface area contributed by atoms with Crippen LogP contribution in [0.5, 0.6) is 0 Å². The number of rotatable bonds is 9. The van der Waals surface area contributed by atoms with Gasteiger partial charge in [-0.15, -0.1) is 0 Å². The molecule has 0 aliphatic heterocycles. The Balaban J connectivity index is 2.77. The number of esters is 1. The van der Waals surface area contributed by atoms with Gasteiger partial charge >= 0.3 is 12.1 Å². The molecule has 0 spiro atoms. The maximum absolute atomic E-state index is 12.7. The summed E-state index contributed by atoms with van der Waals surface area (Å²) in [6.07, 6.45) is 1.30. The Morgan fingerprint density at radius 1 is 1.07 bits per heavy atom. The lowest BCUT2D eigenvalue weighted by molar-refractivity contribution is -0.138. The van der Waals surface area contributed by atoms with Gasteiger partial charge in [0.25, 0.3) is 0 Å². The topological polar surface area (TPSA) is 93.7 Å². The lowest BCUT2D eigenvalue weighted by Gasteiger charge is -2.20. The van der Waals surface area contributed by atoms with Crippen molar-refractivity contribution in [2.75, 3.05) is 7.11 Å². The van der Waals surface area contributed by atoms with Crippen LogP contribution >= 0.6 is 0 Å². The highest BCUT2D eigenvalue weighted by atomic mass is 16.5. The van der Waals surface area contributed by atoms with Gasteiger partial charge in [0.1, 0.15) is 18.3 Å². The molecule has 0 aliphatic rings. The molecule has 0 unspecified atom stereocenters. The van der Waals surface area contributed by atoms with Crippen molar-refractivity contribution in [1.82, 2.24) is 10.6 Å². The number of methoxy groups -OCH3 is 1. The van der Waals surface area contributed by atoms with Crippen LogP contribution in [0.3, 0.4) is 0 Å². The normalized spacial score (nSPS) is 12.5. The second kappa shape index (κ2) is 11.8. The van der Waals surface area contributed by atoms with Crippen LogP contribution in [0.25, 0.3) is 0 Å². The van der Waals surface area contributed by atoms with Gasteiger partial charge in [0.2, 0.25) is 5.91 Å². The average molecular weight is 390 g/mol. The van der Waals surface area contributed by atoms with Crippen LogP contribution in [0.1, 0.15) is 39.7 Å². The number of ether oxygens (including phenoxy) is 2. The number of allylic oxidation sites excluding steroid dienone is 1. The Bertz CT molecular complexity index is 683. The first kappa shape index (κ1) is 23.2. The molecule has 154 valence electrons. The monoisotopic (exact) mass is 390 g/mol. The lowest BCUT2D eigenvalue weighted by Crippen LogP contribution is -2.48. The number of carbonyl (C=O) groups excluding carboxylic acids is 3. The average Bonchev–Trinajstić information content (AvgIpc) is 2.64. The highest BCUT2D eigenvalue weighted by Gasteiger charge is 2.25. The number of benzene rings is 1. The molecule has 1 rings (SSSR count). The Hall–Kier alpha value is -2.83. The van der Waals surface area contributed by atoms with E-state index in [-0.39, 0.29) is 24.1 Å². The van der Waals surface area contributed by atoms with E-state index in [0.717, 1.165) is 5.56 Å². The van der Waals surface area contributed by atoms with Gasteiger partial charge in [0, 0.05) is 0 Å². The molecule has 28 heavy (non-hydrogen) atoms. The van der Waals surface area contributed by atoms with E-state index >= 15 is 0 Å². The minimum Gasteiger partial charge on any atom is -0.464 e. The smallest absolute Gasteiger partial charge is 0.408 e. The van der Waals surface area contributed by atoms with Gasteiger partial charge in [0.15, 0.2) is 0 Å². The quantitative estimate of drug-likeness (QED) is 0.499. The minimum absolute atomic E-state index is 0.0294. The van der Waals surface area contributed by atoms with E-state index in [1.54, 1.807) is 6.08 Å². The van der Waals surface area contributed by atoms with E-state index in [9.17, 15) is 14.4 Å². The summed E-state index contributed by atoms with van der Waals surface area (Å²) in [5, 5.41) is 5.14. The molecule has 0 bridgehead atoms. The Labute approximate surface area is 166 Å². The fourth-order valence-electron chi connectivity index (χ4n) is 2.43. The zero-order valence-electron chi connectivity index (χ0n) is 17.2. The van der Waals surface area contributed by atoms with E-state index in [1.165, 1.54) is 7.11 Å². The van der Waals surface area contributed by atoms with Crippen LogP contribution in [-0.4, -0.2) is 31.1 Å². The van der Waals surface area contributed by atoms with Gasteiger partial charge in [-0.25, -0.2) is 9.59 Å². The number of nitrogens with one attached hydrogen (secondary N) is 2. The van der Waals surface area contributed by atoms with E-state index < -0.39 is 24.0 Å². The molecule has 1 aromatic rings. The highest BCUT2D eigenvalue weighted by molar-refractivity contribution is 5.96. The second-order valence-corrected chi connectivity index (χ2v) is 7.19. The van der Waals surface area contributed by atoms with Gasteiger partial charge in [-0.2, -0.15) is 0 Å². The van der Waals surface area contributed by atoms with Crippen molar-refractivity contribution < 1.29 is 23.9 Å². The van der Waals surface area contributed by atoms with E-state index in [4.69, 9.17) is 9.47 Å². The Morgan fingerprint density at radius 3 is 2.25 bits per heavy atom. The third kappa shape index (κ3) is 8.70. The summed E-state index contributed by atoms with van der Waals surface area (Å²) in [7, 11) is 1.24. The number of amides is 2. The Morgan fingerprint density at radius 2 is 1.71 bits per heavy atom. The molecule has 2 amide bonds. The van der Waals surface area contributed by atoms with Crippen molar-refractivity contribution in [2.45, 2.75) is 46.8 Å². The first-order chi connectivity index (χ1) is 13.2. The first-order valence-electron chi connectivity index (χ1n) is 9.31. The number of carbonyl (C=O) groups is 3. The van der Waals surface area contributed by atoms with Gasteiger partial charge in [-0.3, -0.25) is 4.79 Å². The molecule has 0 saturated heterocycles. The van der Waals surface area contributed by atoms with Gasteiger partial charge in [0.05, 0.1) is 7.11 Å². The largest absolute Gasteiger partial charge is 0.464 e. The molecule has 2 N–H and O–H groups in total. The third-order valence-electron chi connectivity index (χ3n) is 3.69. The molecule has 0 saturated carbocycles. The van der Waals surface area contributed by atoms with Crippen LogP contribution < -0.4 is 10.6 Å². The number of hydrogen-bond acceptors (Lipinski definition) is 5. The molecule has 0 aromatic heterocycles. The zero-order valence-corrected chi connectivity index (χ0v) is 17.2. The van der Waals surface area contributed by atoms with Gasteiger partial charge in [-0.05, 0) is 23.8 Å². The summed E-state index contributed by atoms with van der Waals surface area (Å²) in [5.41, 5.74) is 0.895. The number of hydrogen-bond donors (Lipinski definition) is 2. The maximum Gasteiger partial charge on any atom is 0.408 e. The molecule has 7 nitrogen and oxygen atoms in total. The Kier molecular flexibility index (Phi) is 9.78. The van der Waals surface area contributed by atoms with Gasteiger partial charge in [-0.1, -0.05) is 64.1 Å². The summed E-state index contributed by atoms with van der Waals surface area (Å²) >= 11 is 0. The van der Waals surface area contributed by atoms with Crippen LogP contribution in [-0.2, 0) is 25.7 Å². The fraction of sp³-hybridized carbons (Fsp3) is 0.476. The molecule has 0 heterocycles. The highest BCUT2D eigenvalue weighted by Crippen LogP contribution is 2.09. The molecule has 0 radical (unpaired) electrons. The number of alkyl carbamates (subject to hydrolysis) is 1. The molecule has 1 atom stereocenters. The van der Waals surface area contributed by atoms with Crippen molar-refractivity contribution in [3.63, 3.8) is 0 Å². The zero-order chi connectivity index (χ0) is 21.1. The molecular weight excluding hydrogens is 360 g/mol. The van der Waals surface area contributed by atoms with E-state index in [2.05, 4.69) is 10.6 Å². The van der Waals surface area contributed by atoms with Crippen LogP contribution in [0.2, 0.25) is 0 Å². The summed E-state index contributed by atoms with van der Waals surface area (Å²) in [6, 6.07) is 8.40. The SMILES string of the molecule is COC(=O)/C(=C\C(C)C)NC(=O)[C@H](CC(C)C)NC(=O)OCc1ccccc1. The minimum atomic E-state index is -0.844. The molecule has 0 fully saturated rings.